The van der Waals surface area contributed by atoms with Gasteiger partial charge in [0.25, 0.3) is 0 Å². The number of rotatable bonds is 38. The van der Waals surface area contributed by atoms with Gasteiger partial charge in [-0.1, -0.05) is 181 Å². The predicted octanol–water partition coefficient (Wildman–Crippen LogP) is 11.0. The van der Waals surface area contributed by atoms with Gasteiger partial charge in [0, 0.05) is 6.42 Å². The number of hydrogen-bond donors (Lipinski definition) is 3. The van der Waals surface area contributed by atoms with Crippen molar-refractivity contribution < 1.29 is 32.9 Å². The molecule has 294 valence electrons. The molecule has 0 radical (unpaired) electrons. The molecule has 3 atom stereocenters. The first kappa shape index (κ1) is 48.5. The third-order valence-corrected chi connectivity index (χ3v) is 10.6. The SMILES string of the molecule is CCCCCCCCCCCCCCCCC[C@@H](O)[C@H](COP(=O)(O)OCC[N+](C)(C)C)NC(=O)CCCCCCCCCCCCCC. The van der Waals surface area contributed by atoms with Crippen molar-refractivity contribution in [3.63, 3.8) is 0 Å². The fraction of sp³-hybridized carbons (Fsp3) is 0.975. The number of carbonyl (C=O) groups is 1. The Labute approximate surface area is 304 Å². The van der Waals surface area contributed by atoms with E-state index in [9.17, 15) is 19.4 Å². The minimum absolute atomic E-state index is 0.0783. The summed E-state index contributed by atoms with van der Waals surface area (Å²) in [6.45, 7) is 4.89. The summed E-state index contributed by atoms with van der Waals surface area (Å²) in [6.07, 6.45) is 34.0. The van der Waals surface area contributed by atoms with Gasteiger partial charge >= 0.3 is 7.82 Å². The summed E-state index contributed by atoms with van der Waals surface area (Å²) < 4.78 is 23.6. The lowest BCUT2D eigenvalue weighted by Crippen LogP contribution is -2.46. The quantitative estimate of drug-likeness (QED) is 0.0333. The Morgan fingerprint density at radius 1 is 0.612 bits per heavy atom. The summed E-state index contributed by atoms with van der Waals surface area (Å²) in [5, 5.41) is 13.9. The number of unbranched alkanes of at least 4 members (excludes halogenated alkanes) is 25. The lowest BCUT2D eigenvalue weighted by atomic mass is 10.0. The standard InChI is InChI=1S/C40H83N2O6P/c1-6-8-10-12-14-16-18-20-21-22-23-25-27-29-31-33-39(43)38(37-48-49(45,46)47-36-35-42(3,4)5)41-40(44)34-32-30-28-26-24-19-17-15-13-11-9-7-2/h38-39,43H,6-37H2,1-5H3,(H-,41,44,45,46)/p+1/t38-,39+/m0/s1. The van der Waals surface area contributed by atoms with Gasteiger partial charge in [0.05, 0.1) is 39.9 Å². The van der Waals surface area contributed by atoms with Crippen molar-refractivity contribution in [1.29, 1.82) is 0 Å². The number of amides is 1. The maximum Gasteiger partial charge on any atom is 0.472 e. The van der Waals surface area contributed by atoms with Gasteiger partial charge in [0.1, 0.15) is 13.2 Å². The molecule has 0 fully saturated rings. The van der Waals surface area contributed by atoms with E-state index in [1.807, 2.05) is 21.1 Å². The first-order valence-corrected chi connectivity index (χ1v) is 22.4. The first-order valence-electron chi connectivity index (χ1n) is 20.9. The summed E-state index contributed by atoms with van der Waals surface area (Å²) in [6, 6.07) is -0.751. The molecule has 9 heteroatoms. The summed E-state index contributed by atoms with van der Waals surface area (Å²) in [7, 11) is 1.62. The number of phosphoric ester groups is 1. The minimum atomic E-state index is -4.30. The van der Waals surface area contributed by atoms with Crippen LogP contribution in [0.15, 0.2) is 0 Å². The number of phosphoric acid groups is 1. The van der Waals surface area contributed by atoms with Crippen molar-refractivity contribution in [2.24, 2.45) is 0 Å². The molecular weight excluding hydrogens is 635 g/mol. The van der Waals surface area contributed by atoms with Crippen molar-refractivity contribution in [3.05, 3.63) is 0 Å². The van der Waals surface area contributed by atoms with E-state index < -0.39 is 20.0 Å². The van der Waals surface area contributed by atoms with E-state index >= 15 is 0 Å². The zero-order valence-corrected chi connectivity index (χ0v) is 34.1. The Morgan fingerprint density at radius 2 is 0.980 bits per heavy atom. The summed E-state index contributed by atoms with van der Waals surface area (Å²) in [5.41, 5.74) is 0. The van der Waals surface area contributed by atoms with Gasteiger partial charge in [-0.15, -0.1) is 0 Å². The normalized spacial score (nSPS) is 14.5. The van der Waals surface area contributed by atoms with Crippen molar-refractivity contribution >= 4 is 13.7 Å². The van der Waals surface area contributed by atoms with Gasteiger partial charge in [0.15, 0.2) is 0 Å². The molecule has 0 aliphatic heterocycles. The number of aliphatic hydroxyl groups is 1. The molecule has 0 rings (SSSR count). The summed E-state index contributed by atoms with van der Waals surface area (Å²) in [4.78, 5) is 23.0. The highest BCUT2D eigenvalue weighted by Gasteiger charge is 2.28. The van der Waals surface area contributed by atoms with Gasteiger partial charge < -0.3 is 19.8 Å². The number of quaternary nitrogens is 1. The fourth-order valence-corrected chi connectivity index (χ4v) is 6.96. The van der Waals surface area contributed by atoms with E-state index in [2.05, 4.69) is 19.2 Å². The van der Waals surface area contributed by atoms with E-state index in [0.717, 1.165) is 38.5 Å². The van der Waals surface area contributed by atoms with Crippen LogP contribution < -0.4 is 5.32 Å². The zero-order valence-electron chi connectivity index (χ0n) is 33.2. The fourth-order valence-electron chi connectivity index (χ4n) is 6.22. The number of carbonyl (C=O) groups excluding carboxylic acids is 1. The summed E-state index contributed by atoms with van der Waals surface area (Å²) >= 11 is 0. The summed E-state index contributed by atoms with van der Waals surface area (Å²) in [5.74, 6) is -0.144. The second-order valence-corrected chi connectivity index (χ2v) is 17.2. The molecule has 3 N–H and O–H groups in total. The number of aliphatic hydroxyl groups excluding tert-OH is 1. The molecule has 0 saturated heterocycles. The van der Waals surface area contributed by atoms with Gasteiger partial charge in [-0.2, -0.15) is 0 Å². The molecule has 0 aromatic rings. The Hall–Kier alpha value is -0.500. The van der Waals surface area contributed by atoms with E-state index in [-0.39, 0.29) is 19.1 Å². The van der Waals surface area contributed by atoms with E-state index in [4.69, 9.17) is 9.05 Å². The molecule has 0 saturated carbocycles. The Bertz CT molecular complexity index is 778. The number of nitrogens with zero attached hydrogens (tertiary/aromatic N) is 1. The van der Waals surface area contributed by atoms with Gasteiger partial charge in [0.2, 0.25) is 5.91 Å². The van der Waals surface area contributed by atoms with E-state index in [1.54, 1.807) is 0 Å². The Kier molecular flexibility index (Phi) is 33.0. The number of hydrogen-bond acceptors (Lipinski definition) is 5. The van der Waals surface area contributed by atoms with Crippen LogP contribution in [0.25, 0.3) is 0 Å². The van der Waals surface area contributed by atoms with Crippen LogP contribution in [0.2, 0.25) is 0 Å². The maximum atomic E-state index is 12.8. The van der Waals surface area contributed by atoms with Crippen LogP contribution in [0.1, 0.15) is 200 Å². The van der Waals surface area contributed by atoms with Crippen LogP contribution >= 0.6 is 7.82 Å². The molecular formula is C40H84N2O6P+. The van der Waals surface area contributed by atoms with Crippen molar-refractivity contribution in [1.82, 2.24) is 5.32 Å². The third kappa shape index (κ3) is 35.7. The molecule has 8 nitrogen and oxygen atoms in total. The van der Waals surface area contributed by atoms with Gasteiger partial charge in [-0.3, -0.25) is 13.8 Å². The largest absolute Gasteiger partial charge is 0.472 e. The van der Waals surface area contributed by atoms with E-state index in [0.29, 0.717) is 23.9 Å². The topological polar surface area (TPSA) is 105 Å². The van der Waals surface area contributed by atoms with Crippen molar-refractivity contribution in [2.75, 3.05) is 40.9 Å². The average Bonchev–Trinajstić information content (AvgIpc) is 3.04. The highest BCUT2D eigenvalue weighted by molar-refractivity contribution is 7.47. The number of likely N-dealkylation sites (N-methyl/N-ethyl adjacent to an activating group) is 1. The number of nitrogens with one attached hydrogen (secondary N) is 1. The highest BCUT2D eigenvalue weighted by atomic mass is 31.2. The van der Waals surface area contributed by atoms with Crippen molar-refractivity contribution in [2.45, 2.75) is 212 Å². The third-order valence-electron chi connectivity index (χ3n) is 9.61. The monoisotopic (exact) mass is 720 g/mol. The average molecular weight is 720 g/mol. The van der Waals surface area contributed by atoms with Crippen LogP contribution in [-0.4, -0.2) is 73.4 Å². The van der Waals surface area contributed by atoms with Gasteiger partial charge in [-0.25, -0.2) is 4.57 Å². The van der Waals surface area contributed by atoms with Gasteiger partial charge in [-0.05, 0) is 12.8 Å². The second-order valence-electron chi connectivity index (χ2n) is 15.7. The molecule has 0 spiro atoms. The molecule has 0 aromatic heterocycles. The maximum absolute atomic E-state index is 12.8. The van der Waals surface area contributed by atoms with Crippen LogP contribution in [0.4, 0.5) is 0 Å². The van der Waals surface area contributed by atoms with Crippen LogP contribution in [0.3, 0.4) is 0 Å². The molecule has 0 aliphatic carbocycles. The lowest BCUT2D eigenvalue weighted by molar-refractivity contribution is -0.870. The first-order chi connectivity index (χ1) is 23.5. The Balaban J connectivity index is 4.39. The Morgan fingerprint density at radius 3 is 1.37 bits per heavy atom. The predicted molar refractivity (Wildman–Crippen MR) is 208 cm³/mol. The zero-order chi connectivity index (χ0) is 36.5. The molecule has 0 aromatic carbocycles. The molecule has 1 amide bonds. The molecule has 1 unspecified atom stereocenters. The minimum Gasteiger partial charge on any atom is -0.391 e. The van der Waals surface area contributed by atoms with Crippen LogP contribution in [0.5, 0.6) is 0 Å². The highest BCUT2D eigenvalue weighted by Crippen LogP contribution is 2.43. The van der Waals surface area contributed by atoms with Crippen LogP contribution in [0, 0.1) is 0 Å². The van der Waals surface area contributed by atoms with Crippen molar-refractivity contribution in [3.8, 4) is 0 Å². The second kappa shape index (κ2) is 33.3. The molecule has 0 aliphatic rings. The smallest absolute Gasteiger partial charge is 0.391 e. The molecule has 0 heterocycles. The van der Waals surface area contributed by atoms with E-state index in [1.165, 1.54) is 135 Å². The molecule has 0 bridgehead atoms. The molecule has 49 heavy (non-hydrogen) atoms. The lowest BCUT2D eigenvalue weighted by Gasteiger charge is -2.26. The van der Waals surface area contributed by atoms with Crippen LogP contribution in [-0.2, 0) is 18.4 Å².